The van der Waals surface area contributed by atoms with Crippen LogP contribution in [0.15, 0.2) is 24.7 Å². The number of morpholine rings is 1. The minimum absolute atomic E-state index is 0.0796. The standard InChI is InChI=1S/C18H22N6O2/c1-23-16(14-9-13-11-19-12-20-18(13)21-14)10-15(22-23)17(25)3-2-4-24-5-7-26-8-6-24/h9-12H,2-8H2,1H3,(H,19,20,21). The fraction of sp³-hybridized carbons (Fsp3) is 0.444. The Morgan fingerprint density at radius 1 is 1.31 bits per heavy atom. The van der Waals surface area contributed by atoms with Crippen LogP contribution in [0.2, 0.25) is 0 Å². The molecule has 0 aromatic carbocycles. The second-order valence-corrected chi connectivity index (χ2v) is 6.53. The van der Waals surface area contributed by atoms with Crippen LogP contribution in [0.1, 0.15) is 23.3 Å². The minimum atomic E-state index is 0.0796. The SMILES string of the molecule is Cn1nc(C(=O)CCCN2CCOCC2)cc1-c1cc2cncnc2[nH]1. The Bertz CT molecular complexity index is 876. The Balaban J connectivity index is 1.42. The average molecular weight is 354 g/mol. The molecule has 8 nitrogen and oxygen atoms in total. The highest BCUT2D eigenvalue weighted by atomic mass is 16.5. The lowest BCUT2D eigenvalue weighted by molar-refractivity contribution is 0.0371. The summed E-state index contributed by atoms with van der Waals surface area (Å²) in [5, 5.41) is 5.33. The molecule has 8 heteroatoms. The summed E-state index contributed by atoms with van der Waals surface area (Å²) in [5.74, 6) is 0.0796. The van der Waals surface area contributed by atoms with Gasteiger partial charge in [-0.2, -0.15) is 5.10 Å². The lowest BCUT2D eigenvalue weighted by Crippen LogP contribution is -2.36. The molecule has 0 saturated carbocycles. The molecular weight excluding hydrogens is 332 g/mol. The van der Waals surface area contributed by atoms with E-state index in [2.05, 4.69) is 25.0 Å². The Hall–Kier alpha value is -2.58. The van der Waals surface area contributed by atoms with Crippen molar-refractivity contribution in [1.29, 1.82) is 0 Å². The van der Waals surface area contributed by atoms with Crippen molar-refractivity contribution in [3.8, 4) is 11.4 Å². The lowest BCUT2D eigenvalue weighted by atomic mass is 10.1. The number of ether oxygens (including phenoxy) is 1. The number of nitrogens with one attached hydrogen (secondary N) is 1. The van der Waals surface area contributed by atoms with Gasteiger partial charge < -0.3 is 9.72 Å². The molecule has 4 rings (SSSR count). The molecule has 136 valence electrons. The summed E-state index contributed by atoms with van der Waals surface area (Å²) in [7, 11) is 1.84. The molecule has 0 unspecified atom stereocenters. The zero-order valence-electron chi connectivity index (χ0n) is 14.8. The summed E-state index contributed by atoms with van der Waals surface area (Å²) in [5.41, 5.74) is 3.02. The Kier molecular flexibility index (Phi) is 4.77. The molecule has 4 heterocycles. The maximum atomic E-state index is 12.5. The van der Waals surface area contributed by atoms with Gasteiger partial charge in [0.25, 0.3) is 0 Å². The van der Waals surface area contributed by atoms with E-state index in [-0.39, 0.29) is 5.78 Å². The molecule has 0 amide bonds. The van der Waals surface area contributed by atoms with Gasteiger partial charge >= 0.3 is 0 Å². The van der Waals surface area contributed by atoms with Gasteiger partial charge in [-0.05, 0) is 25.1 Å². The Morgan fingerprint density at radius 3 is 2.96 bits per heavy atom. The van der Waals surface area contributed by atoms with Gasteiger partial charge in [0.05, 0.1) is 24.6 Å². The molecule has 0 bridgehead atoms. The fourth-order valence-electron chi connectivity index (χ4n) is 3.28. The fourth-order valence-corrected chi connectivity index (χ4v) is 3.28. The van der Waals surface area contributed by atoms with Crippen LogP contribution in [0.3, 0.4) is 0 Å². The van der Waals surface area contributed by atoms with E-state index in [1.165, 1.54) is 6.33 Å². The zero-order valence-corrected chi connectivity index (χ0v) is 14.8. The molecule has 1 aliphatic heterocycles. The first-order valence-electron chi connectivity index (χ1n) is 8.87. The summed E-state index contributed by atoms with van der Waals surface area (Å²) in [4.78, 5) is 26.3. The lowest BCUT2D eigenvalue weighted by Gasteiger charge is -2.26. The van der Waals surface area contributed by atoms with E-state index in [4.69, 9.17) is 4.74 Å². The highest BCUT2D eigenvalue weighted by Gasteiger charge is 2.16. The van der Waals surface area contributed by atoms with Crippen LogP contribution < -0.4 is 0 Å². The van der Waals surface area contributed by atoms with Gasteiger partial charge in [-0.25, -0.2) is 9.97 Å². The minimum Gasteiger partial charge on any atom is -0.379 e. The van der Waals surface area contributed by atoms with Crippen molar-refractivity contribution in [2.75, 3.05) is 32.8 Å². The van der Waals surface area contributed by atoms with Gasteiger partial charge in [0.15, 0.2) is 5.78 Å². The number of aryl methyl sites for hydroxylation is 1. The number of hydrogen-bond acceptors (Lipinski definition) is 6. The Labute approximate surface area is 151 Å². The maximum absolute atomic E-state index is 12.5. The first kappa shape index (κ1) is 16.9. The predicted octanol–water partition coefficient (Wildman–Crippen LogP) is 1.65. The third kappa shape index (κ3) is 3.51. The summed E-state index contributed by atoms with van der Waals surface area (Å²) in [6.07, 6.45) is 4.62. The monoisotopic (exact) mass is 354 g/mol. The molecule has 3 aromatic heterocycles. The predicted molar refractivity (Wildman–Crippen MR) is 96.9 cm³/mol. The number of carbonyl (C=O) groups excluding carboxylic acids is 1. The van der Waals surface area contributed by atoms with E-state index in [9.17, 15) is 4.79 Å². The summed E-state index contributed by atoms with van der Waals surface area (Å²) in [6, 6.07) is 3.81. The molecule has 0 radical (unpaired) electrons. The van der Waals surface area contributed by atoms with Crippen LogP contribution in [-0.2, 0) is 11.8 Å². The molecule has 1 aliphatic rings. The van der Waals surface area contributed by atoms with Crippen molar-refractivity contribution in [2.24, 2.45) is 7.05 Å². The molecule has 1 saturated heterocycles. The van der Waals surface area contributed by atoms with Crippen LogP contribution in [0, 0.1) is 0 Å². The highest BCUT2D eigenvalue weighted by Crippen LogP contribution is 2.23. The number of fused-ring (bicyclic) bond motifs is 1. The van der Waals surface area contributed by atoms with Crippen LogP contribution in [0.25, 0.3) is 22.4 Å². The van der Waals surface area contributed by atoms with Crippen LogP contribution >= 0.6 is 0 Å². The van der Waals surface area contributed by atoms with Gasteiger partial charge in [0.2, 0.25) is 0 Å². The van der Waals surface area contributed by atoms with Crippen molar-refractivity contribution in [1.82, 2.24) is 29.6 Å². The van der Waals surface area contributed by atoms with Crippen LogP contribution in [0.5, 0.6) is 0 Å². The molecule has 0 atom stereocenters. The van der Waals surface area contributed by atoms with E-state index >= 15 is 0 Å². The third-order valence-electron chi connectivity index (χ3n) is 4.72. The Morgan fingerprint density at radius 2 is 2.15 bits per heavy atom. The van der Waals surface area contributed by atoms with Crippen molar-refractivity contribution in [2.45, 2.75) is 12.8 Å². The van der Waals surface area contributed by atoms with Crippen molar-refractivity contribution >= 4 is 16.8 Å². The zero-order chi connectivity index (χ0) is 17.9. The van der Waals surface area contributed by atoms with E-state index in [1.54, 1.807) is 10.9 Å². The number of nitrogens with zero attached hydrogens (tertiary/aromatic N) is 5. The number of ketones is 1. The van der Waals surface area contributed by atoms with Crippen molar-refractivity contribution < 1.29 is 9.53 Å². The molecule has 0 aliphatic carbocycles. The van der Waals surface area contributed by atoms with E-state index in [1.807, 2.05) is 19.2 Å². The largest absolute Gasteiger partial charge is 0.379 e. The first-order valence-corrected chi connectivity index (χ1v) is 8.87. The number of hydrogen-bond donors (Lipinski definition) is 1. The average Bonchev–Trinajstić information content (AvgIpc) is 3.25. The summed E-state index contributed by atoms with van der Waals surface area (Å²) in [6.45, 7) is 4.39. The van der Waals surface area contributed by atoms with Crippen LogP contribution in [0.4, 0.5) is 0 Å². The maximum Gasteiger partial charge on any atom is 0.183 e. The number of aromatic nitrogens is 5. The van der Waals surface area contributed by atoms with Gasteiger partial charge in [-0.3, -0.25) is 14.4 Å². The van der Waals surface area contributed by atoms with Gasteiger partial charge in [-0.1, -0.05) is 0 Å². The van der Waals surface area contributed by atoms with Crippen molar-refractivity contribution in [3.05, 3.63) is 30.4 Å². The molecule has 26 heavy (non-hydrogen) atoms. The molecule has 0 spiro atoms. The number of aromatic amines is 1. The van der Waals surface area contributed by atoms with Gasteiger partial charge in [0, 0.05) is 38.1 Å². The first-order chi connectivity index (χ1) is 12.7. The second-order valence-electron chi connectivity index (χ2n) is 6.53. The number of rotatable bonds is 6. The van der Waals surface area contributed by atoms with Gasteiger partial charge in [0.1, 0.15) is 17.7 Å². The van der Waals surface area contributed by atoms with E-state index in [0.29, 0.717) is 12.1 Å². The van der Waals surface area contributed by atoms with E-state index < -0.39 is 0 Å². The number of H-pyrrole nitrogens is 1. The second kappa shape index (κ2) is 7.35. The smallest absolute Gasteiger partial charge is 0.183 e. The summed E-state index contributed by atoms with van der Waals surface area (Å²) < 4.78 is 7.07. The number of carbonyl (C=O) groups is 1. The molecule has 1 fully saturated rings. The third-order valence-corrected chi connectivity index (χ3v) is 4.72. The normalized spacial score (nSPS) is 15.6. The highest BCUT2D eigenvalue weighted by molar-refractivity contribution is 5.95. The quantitative estimate of drug-likeness (QED) is 0.677. The number of Topliss-reactive ketones (excluding diaryl/α,β-unsaturated/α-hetero) is 1. The summed E-state index contributed by atoms with van der Waals surface area (Å²) >= 11 is 0. The van der Waals surface area contributed by atoms with E-state index in [0.717, 1.165) is 61.7 Å². The van der Waals surface area contributed by atoms with Gasteiger partial charge in [-0.15, -0.1) is 0 Å². The molecular formula is C18H22N6O2. The van der Waals surface area contributed by atoms with Crippen molar-refractivity contribution in [3.63, 3.8) is 0 Å². The topological polar surface area (TPSA) is 88.9 Å². The molecule has 3 aromatic rings. The molecule has 1 N–H and O–H groups in total. The van der Waals surface area contributed by atoms with Crippen LogP contribution in [-0.4, -0.2) is 68.3 Å².